The highest BCUT2D eigenvalue weighted by Crippen LogP contribution is 2.27. The molecule has 1 aromatic rings. The summed E-state index contributed by atoms with van der Waals surface area (Å²) in [5.74, 6) is -0.0589. The van der Waals surface area contributed by atoms with Gasteiger partial charge in [0.1, 0.15) is 0 Å². The van der Waals surface area contributed by atoms with Gasteiger partial charge in [-0.25, -0.2) is 13.8 Å². The average molecular weight is 314 g/mol. The van der Waals surface area contributed by atoms with Crippen molar-refractivity contribution in [2.24, 2.45) is 5.92 Å². The third-order valence-electron chi connectivity index (χ3n) is 3.77. The second kappa shape index (κ2) is 8.03. The summed E-state index contributed by atoms with van der Waals surface area (Å²) in [7, 11) is 0. The van der Waals surface area contributed by atoms with E-state index in [1.807, 2.05) is 0 Å². The van der Waals surface area contributed by atoms with E-state index in [2.05, 4.69) is 10.3 Å². The molecule has 1 fully saturated rings. The molecular weight excluding hydrogens is 294 g/mol. The summed E-state index contributed by atoms with van der Waals surface area (Å²) >= 11 is 0. The van der Waals surface area contributed by atoms with Gasteiger partial charge in [0.2, 0.25) is 5.88 Å². The van der Waals surface area contributed by atoms with Crippen LogP contribution in [0, 0.1) is 5.92 Å². The molecule has 2 N–H and O–H groups in total. The summed E-state index contributed by atoms with van der Waals surface area (Å²) < 4.78 is 28.7. The maximum Gasteiger partial charge on any atom is 0.272 e. The minimum absolute atomic E-state index is 0.0443. The molecule has 0 spiro atoms. The summed E-state index contributed by atoms with van der Waals surface area (Å²) in [4.78, 5) is 15.7. The molecule has 1 aliphatic carbocycles. The van der Waals surface area contributed by atoms with Crippen molar-refractivity contribution >= 4 is 5.91 Å². The molecule has 0 aromatic carbocycles. The summed E-state index contributed by atoms with van der Waals surface area (Å²) in [6.07, 6.45) is 2.40. The fourth-order valence-electron chi connectivity index (χ4n) is 2.56. The number of amides is 1. The van der Waals surface area contributed by atoms with E-state index in [9.17, 15) is 18.7 Å². The molecule has 1 aliphatic rings. The Morgan fingerprint density at radius 2 is 2.14 bits per heavy atom. The van der Waals surface area contributed by atoms with Gasteiger partial charge in [-0.15, -0.1) is 0 Å². The van der Waals surface area contributed by atoms with Gasteiger partial charge in [0.25, 0.3) is 12.3 Å². The monoisotopic (exact) mass is 314 g/mol. The van der Waals surface area contributed by atoms with Gasteiger partial charge >= 0.3 is 0 Å². The zero-order chi connectivity index (χ0) is 15.9. The number of halogens is 2. The molecule has 1 aromatic heterocycles. The van der Waals surface area contributed by atoms with Crippen LogP contribution in [0.2, 0.25) is 0 Å². The number of ether oxygens (including phenoxy) is 1. The maximum absolute atomic E-state index is 12.0. The Morgan fingerprint density at radius 1 is 1.41 bits per heavy atom. The topological polar surface area (TPSA) is 71.5 Å². The number of nitrogens with one attached hydrogen (secondary N) is 1. The van der Waals surface area contributed by atoms with E-state index >= 15 is 0 Å². The number of aromatic nitrogens is 1. The SMILES string of the molecule is O=C(NCC(O)C1CCCC1)c1ccc(OCC(F)F)nc1. The third-order valence-corrected chi connectivity index (χ3v) is 3.77. The van der Waals surface area contributed by atoms with Crippen LogP contribution in [0.15, 0.2) is 18.3 Å². The molecule has 2 rings (SSSR count). The van der Waals surface area contributed by atoms with Crippen molar-refractivity contribution in [1.82, 2.24) is 10.3 Å². The third kappa shape index (κ3) is 4.91. The number of carbonyl (C=O) groups is 1. The highest BCUT2D eigenvalue weighted by atomic mass is 19.3. The van der Waals surface area contributed by atoms with Crippen molar-refractivity contribution in [3.8, 4) is 5.88 Å². The van der Waals surface area contributed by atoms with Crippen molar-refractivity contribution < 1.29 is 23.4 Å². The van der Waals surface area contributed by atoms with Crippen LogP contribution >= 0.6 is 0 Å². The molecule has 0 bridgehead atoms. The summed E-state index contributed by atoms with van der Waals surface area (Å²) in [5.41, 5.74) is 0.294. The van der Waals surface area contributed by atoms with Gasteiger partial charge in [-0.3, -0.25) is 4.79 Å². The number of hydrogen-bond donors (Lipinski definition) is 2. The summed E-state index contributed by atoms with van der Waals surface area (Å²) in [5, 5.41) is 12.6. The fourth-order valence-corrected chi connectivity index (χ4v) is 2.56. The molecule has 1 heterocycles. The number of rotatable bonds is 7. The molecule has 0 radical (unpaired) electrons. The highest BCUT2D eigenvalue weighted by molar-refractivity contribution is 5.93. The lowest BCUT2D eigenvalue weighted by Crippen LogP contribution is -2.35. The van der Waals surface area contributed by atoms with Crippen LogP contribution in [0.25, 0.3) is 0 Å². The van der Waals surface area contributed by atoms with Crippen LogP contribution in [0.3, 0.4) is 0 Å². The molecule has 1 atom stereocenters. The standard InChI is InChI=1S/C15H20F2N2O3/c16-13(17)9-22-14-6-5-11(7-18-14)15(21)19-8-12(20)10-3-1-2-4-10/h5-7,10,12-13,20H,1-4,8-9H2,(H,19,21). The van der Waals surface area contributed by atoms with Gasteiger partial charge in [-0.05, 0) is 24.8 Å². The number of hydrogen-bond acceptors (Lipinski definition) is 4. The first-order valence-electron chi connectivity index (χ1n) is 7.39. The largest absolute Gasteiger partial charge is 0.472 e. The predicted octanol–water partition coefficient (Wildman–Crippen LogP) is 2.01. The van der Waals surface area contributed by atoms with Crippen LogP contribution in [0.4, 0.5) is 8.78 Å². The van der Waals surface area contributed by atoms with E-state index in [0.29, 0.717) is 5.56 Å². The quantitative estimate of drug-likeness (QED) is 0.807. The maximum atomic E-state index is 12.0. The second-order valence-corrected chi connectivity index (χ2v) is 5.41. The first-order valence-corrected chi connectivity index (χ1v) is 7.39. The van der Waals surface area contributed by atoms with E-state index < -0.39 is 19.1 Å². The Labute approximate surface area is 127 Å². The zero-order valence-electron chi connectivity index (χ0n) is 12.2. The Hall–Kier alpha value is -1.76. The zero-order valence-corrected chi connectivity index (χ0v) is 12.2. The molecule has 5 nitrogen and oxygen atoms in total. The van der Waals surface area contributed by atoms with Crippen molar-refractivity contribution in [2.75, 3.05) is 13.2 Å². The summed E-state index contributed by atoms with van der Waals surface area (Å²) in [6.45, 7) is -0.529. The van der Waals surface area contributed by atoms with Gasteiger partial charge in [0.15, 0.2) is 6.61 Å². The lowest BCUT2D eigenvalue weighted by molar-refractivity contribution is 0.0792. The molecule has 1 unspecified atom stereocenters. The summed E-state index contributed by atoms with van der Waals surface area (Å²) in [6, 6.07) is 2.82. The molecular formula is C15H20F2N2O3. The van der Waals surface area contributed by atoms with Crippen LogP contribution in [0.1, 0.15) is 36.0 Å². The van der Waals surface area contributed by atoms with Gasteiger partial charge in [0.05, 0.1) is 11.7 Å². The Kier molecular flexibility index (Phi) is 6.06. The number of aliphatic hydroxyl groups is 1. The fraction of sp³-hybridized carbons (Fsp3) is 0.600. The van der Waals surface area contributed by atoms with Crippen LogP contribution < -0.4 is 10.1 Å². The molecule has 0 aliphatic heterocycles. The van der Waals surface area contributed by atoms with Crippen LogP contribution in [-0.2, 0) is 0 Å². The van der Waals surface area contributed by atoms with Crippen molar-refractivity contribution in [3.63, 3.8) is 0 Å². The molecule has 22 heavy (non-hydrogen) atoms. The van der Waals surface area contributed by atoms with E-state index in [0.717, 1.165) is 25.7 Å². The molecule has 122 valence electrons. The van der Waals surface area contributed by atoms with Crippen LogP contribution in [0.5, 0.6) is 5.88 Å². The Bertz CT molecular complexity index is 476. The normalized spacial score (nSPS) is 16.7. The van der Waals surface area contributed by atoms with E-state index in [1.54, 1.807) is 0 Å². The number of aliphatic hydroxyl groups excluding tert-OH is 1. The molecule has 7 heteroatoms. The first-order chi connectivity index (χ1) is 10.6. The number of pyridine rings is 1. The predicted molar refractivity (Wildman–Crippen MR) is 76.0 cm³/mol. The van der Waals surface area contributed by atoms with Gasteiger partial charge in [0, 0.05) is 18.8 Å². The minimum atomic E-state index is -2.57. The van der Waals surface area contributed by atoms with Gasteiger partial charge in [-0.2, -0.15) is 0 Å². The lowest BCUT2D eigenvalue weighted by Gasteiger charge is -2.18. The smallest absolute Gasteiger partial charge is 0.272 e. The van der Waals surface area contributed by atoms with Gasteiger partial charge < -0.3 is 15.2 Å². The minimum Gasteiger partial charge on any atom is -0.472 e. The van der Waals surface area contributed by atoms with E-state index in [4.69, 9.17) is 4.74 Å². The molecule has 1 amide bonds. The Balaban J connectivity index is 1.79. The van der Waals surface area contributed by atoms with Crippen molar-refractivity contribution in [1.29, 1.82) is 0 Å². The first kappa shape index (κ1) is 16.6. The molecule has 0 saturated heterocycles. The number of carbonyl (C=O) groups excluding carboxylic acids is 1. The number of nitrogens with zero attached hydrogens (tertiary/aromatic N) is 1. The highest BCUT2D eigenvalue weighted by Gasteiger charge is 2.23. The second-order valence-electron chi connectivity index (χ2n) is 5.41. The molecule has 1 saturated carbocycles. The van der Waals surface area contributed by atoms with E-state index in [-0.39, 0.29) is 24.2 Å². The van der Waals surface area contributed by atoms with Gasteiger partial charge in [-0.1, -0.05) is 12.8 Å². The number of alkyl halides is 2. The Morgan fingerprint density at radius 3 is 2.73 bits per heavy atom. The van der Waals surface area contributed by atoms with Crippen molar-refractivity contribution in [2.45, 2.75) is 38.2 Å². The van der Waals surface area contributed by atoms with Crippen LogP contribution in [-0.4, -0.2) is 41.7 Å². The van der Waals surface area contributed by atoms with E-state index in [1.165, 1.54) is 18.3 Å². The van der Waals surface area contributed by atoms with Crippen molar-refractivity contribution in [3.05, 3.63) is 23.9 Å². The average Bonchev–Trinajstić information content (AvgIpc) is 3.05. The lowest BCUT2D eigenvalue weighted by atomic mass is 10.0.